The monoisotopic (exact) mass is 340 g/mol. The van der Waals surface area contributed by atoms with Crippen LogP contribution in [0.4, 0.5) is 17.6 Å². The maximum absolute atomic E-state index is 13.3. The molecule has 3 nitrogen and oxygen atoms in total. The van der Waals surface area contributed by atoms with Crippen LogP contribution in [0.3, 0.4) is 0 Å². The largest absolute Gasteiger partial charge is 0.416 e. The minimum absolute atomic E-state index is 0. The lowest BCUT2D eigenvalue weighted by Crippen LogP contribution is -2.51. The Morgan fingerprint density at radius 3 is 2.32 bits per heavy atom. The van der Waals surface area contributed by atoms with Crippen LogP contribution in [-0.4, -0.2) is 18.0 Å². The van der Waals surface area contributed by atoms with E-state index in [0.717, 1.165) is 18.9 Å². The number of nitrogens with two attached hydrogens (primary N) is 1. The molecule has 0 unspecified atom stereocenters. The van der Waals surface area contributed by atoms with E-state index in [4.69, 9.17) is 5.73 Å². The third-order valence-electron chi connectivity index (χ3n) is 3.82. The lowest BCUT2D eigenvalue weighted by molar-refractivity contribution is -0.137. The average Bonchev–Trinajstić information content (AvgIpc) is 2.86. The summed E-state index contributed by atoms with van der Waals surface area (Å²) < 4.78 is 51.2. The van der Waals surface area contributed by atoms with Crippen molar-refractivity contribution in [1.29, 1.82) is 0 Å². The molecule has 3 N–H and O–H groups in total. The molecule has 1 saturated carbocycles. The number of benzene rings is 1. The van der Waals surface area contributed by atoms with E-state index in [0.29, 0.717) is 25.0 Å². The van der Waals surface area contributed by atoms with Crippen molar-refractivity contribution in [3.63, 3.8) is 0 Å². The van der Waals surface area contributed by atoms with Gasteiger partial charge in [-0.25, -0.2) is 4.39 Å². The van der Waals surface area contributed by atoms with Gasteiger partial charge in [-0.15, -0.1) is 12.4 Å². The first-order valence-electron chi connectivity index (χ1n) is 6.66. The predicted octanol–water partition coefficient (Wildman–Crippen LogP) is 3.27. The molecular weight excluding hydrogens is 324 g/mol. The van der Waals surface area contributed by atoms with Crippen molar-refractivity contribution in [2.45, 2.75) is 37.4 Å². The molecule has 0 heterocycles. The van der Waals surface area contributed by atoms with Crippen LogP contribution >= 0.6 is 12.4 Å². The molecule has 8 heteroatoms. The summed E-state index contributed by atoms with van der Waals surface area (Å²) in [6, 6.07) is 1.81. The molecule has 1 aromatic carbocycles. The summed E-state index contributed by atoms with van der Waals surface area (Å²) in [5, 5.41) is 2.67. The summed E-state index contributed by atoms with van der Waals surface area (Å²) in [7, 11) is 0. The molecule has 2 rings (SSSR count). The van der Waals surface area contributed by atoms with Gasteiger partial charge in [-0.3, -0.25) is 4.79 Å². The fourth-order valence-electron chi connectivity index (χ4n) is 2.63. The zero-order chi connectivity index (χ0) is 15.7. The number of nitrogens with one attached hydrogen (secondary N) is 1. The van der Waals surface area contributed by atoms with Crippen molar-refractivity contribution < 1.29 is 22.4 Å². The molecule has 124 valence electrons. The van der Waals surface area contributed by atoms with Crippen LogP contribution in [-0.2, 0) is 6.18 Å². The highest BCUT2D eigenvalue weighted by Crippen LogP contribution is 2.31. The third kappa shape index (κ3) is 4.10. The quantitative estimate of drug-likeness (QED) is 0.830. The normalized spacial score (nSPS) is 17.0. The summed E-state index contributed by atoms with van der Waals surface area (Å²) in [5.41, 5.74) is 3.53. The molecule has 0 radical (unpaired) electrons. The number of amides is 1. The highest BCUT2D eigenvalue weighted by molar-refractivity contribution is 5.95. The topological polar surface area (TPSA) is 55.1 Å². The molecular formula is C14H17ClF4N2O. The van der Waals surface area contributed by atoms with Crippen LogP contribution in [0.2, 0.25) is 0 Å². The summed E-state index contributed by atoms with van der Waals surface area (Å²) in [6.07, 6.45) is -1.55. The van der Waals surface area contributed by atoms with Gasteiger partial charge in [0, 0.05) is 12.1 Å². The van der Waals surface area contributed by atoms with Gasteiger partial charge in [0.25, 0.3) is 5.91 Å². The maximum atomic E-state index is 13.3. The molecule has 22 heavy (non-hydrogen) atoms. The van der Waals surface area contributed by atoms with E-state index in [1.54, 1.807) is 0 Å². The second-order valence-electron chi connectivity index (χ2n) is 5.37. The minimum atomic E-state index is -4.70. The van der Waals surface area contributed by atoms with E-state index in [9.17, 15) is 22.4 Å². The summed E-state index contributed by atoms with van der Waals surface area (Å²) >= 11 is 0. The van der Waals surface area contributed by atoms with Crippen LogP contribution < -0.4 is 11.1 Å². The van der Waals surface area contributed by atoms with Gasteiger partial charge in [-0.05, 0) is 31.0 Å². The average molecular weight is 341 g/mol. The van der Waals surface area contributed by atoms with E-state index < -0.39 is 29.0 Å². The molecule has 1 amide bonds. The van der Waals surface area contributed by atoms with Crippen molar-refractivity contribution in [3.05, 3.63) is 35.1 Å². The van der Waals surface area contributed by atoms with Crippen molar-refractivity contribution in [2.24, 2.45) is 5.73 Å². The lowest BCUT2D eigenvalue weighted by Gasteiger charge is -2.28. The van der Waals surface area contributed by atoms with Crippen LogP contribution in [0, 0.1) is 5.82 Å². The van der Waals surface area contributed by atoms with Crippen LogP contribution in [0.25, 0.3) is 0 Å². The van der Waals surface area contributed by atoms with E-state index in [-0.39, 0.29) is 24.5 Å². The van der Waals surface area contributed by atoms with Crippen LogP contribution in [0.5, 0.6) is 0 Å². The zero-order valence-electron chi connectivity index (χ0n) is 11.7. The van der Waals surface area contributed by atoms with Gasteiger partial charge >= 0.3 is 6.18 Å². The first-order valence-corrected chi connectivity index (χ1v) is 6.66. The molecule has 0 bridgehead atoms. The van der Waals surface area contributed by atoms with Crippen molar-refractivity contribution in [2.75, 3.05) is 6.54 Å². The number of hydrogen-bond donors (Lipinski definition) is 2. The molecule has 0 atom stereocenters. The first kappa shape index (κ1) is 18.7. The highest BCUT2D eigenvalue weighted by Gasteiger charge is 2.35. The number of carbonyl (C=O) groups excluding carboxylic acids is 1. The lowest BCUT2D eigenvalue weighted by atomic mass is 9.97. The third-order valence-corrected chi connectivity index (χ3v) is 3.82. The Morgan fingerprint density at radius 1 is 1.23 bits per heavy atom. The van der Waals surface area contributed by atoms with Crippen molar-refractivity contribution in [3.8, 4) is 0 Å². The van der Waals surface area contributed by atoms with E-state index >= 15 is 0 Å². The fourth-order valence-corrected chi connectivity index (χ4v) is 2.63. The van der Waals surface area contributed by atoms with Gasteiger partial charge in [-0.2, -0.15) is 13.2 Å². The Morgan fingerprint density at radius 2 is 1.82 bits per heavy atom. The first-order chi connectivity index (χ1) is 9.76. The highest BCUT2D eigenvalue weighted by atomic mass is 35.5. The Labute approximate surface area is 131 Å². The Bertz CT molecular complexity index is 542. The van der Waals surface area contributed by atoms with Gasteiger partial charge in [0.2, 0.25) is 0 Å². The predicted molar refractivity (Wildman–Crippen MR) is 76.4 cm³/mol. The number of rotatable bonds is 3. The SMILES string of the molecule is Cl.NCC1(NC(=O)c2cc(F)cc(C(F)(F)F)c2)CCCC1. The summed E-state index contributed by atoms with van der Waals surface area (Å²) in [5.74, 6) is -1.82. The maximum Gasteiger partial charge on any atom is 0.416 e. The Hall–Kier alpha value is -1.34. The van der Waals surface area contributed by atoms with Gasteiger partial charge in [0.15, 0.2) is 0 Å². The smallest absolute Gasteiger partial charge is 0.345 e. The van der Waals surface area contributed by atoms with E-state index in [2.05, 4.69) is 5.32 Å². The van der Waals surface area contributed by atoms with E-state index in [1.807, 2.05) is 0 Å². The van der Waals surface area contributed by atoms with Crippen LogP contribution in [0.1, 0.15) is 41.6 Å². The number of halogens is 5. The second-order valence-corrected chi connectivity index (χ2v) is 5.37. The molecule has 0 aliphatic heterocycles. The molecule has 1 aliphatic carbocycles. The van der Waals surface area contributed by atoms with Gasteiger partial charge in [0.1, 0.15) is 5.82 Å². The Balaban J connectivity index is 0.00000242. The van der Waals surface area contributed by atoms with Crippen molar-refractivity contribution >= 4 is 18.3 Å². The van der Waals surface area contributed by atoms with Gasteiger partial charge < -0.3 is 11.1 Å². The molecule has 1 aliphatic rings. The summed E-state index contributed by atoms with van der Waals surface area (Å²) in [6.45, 7) is 0.209. The number of carbonyl (C=O) groups is 1. The summed E-state index contributed by atoms with van der Waals surface area (Å²) in [4.78, 5) is 12.1. The second kappa shape index (κ2) is 6.83. The molecule has 0 spiro atoms. The van der Waals surface area contributed by atoms with Gasteiger partial charge in [0.05, 0.1) is 11.1 Å². The Kier molecular flexibility index (Phi) is 5.81. The zero-order valence-corrected chi connectivity index (χ0v) is 12.5. The molecule has 1 fully saturated rings. The standard InChI is InChI=1S/C14H16F4N2O.ClH/c15-11-6-9(5-10(7-11)14(16,17)18)12(21)20-13(8-19)3-1-2-4-13;/h5-7H,1-4,8,19H2,(H,20,21);1H. The molecule has 0 saturated heterocycles. The fraction of sp³-hybridized carbons (Fsp3) is 0.500. The van der Waals surface area contributed by atoms with Gasteiger partial charge in [-0.1, -0.05) is 12.8 Å². The number of alkyl halides is 3. The van der Waals surface area contributed by atoms with Crippen molar-refractivity contribution in [1.82, 2.24) is 5.32 Å². The van der Waals surface area contributed by atoms with Crippen LogP contribution in [0.15, 0.2) is 18.2 Å². The number of hydrogen-bond acceptors (Lipinski definition) is 2. The van der Waals surface area contributed by atoms with E-state index in [1.165, 1.54) is 0 Å². The molecule has 1 aromatic rings. The molecule has 0 aromatic heterocycles. The minimum Gasteiger partial charge on any atom is -0.345 e.